The lowest BCUT2D eigenvalue weighted by atomic mass is 9.96. The van der Waals surface area contributed by atoms with Gasteiger partial charge in [-0.15, -0.1) is 0 Å². The number of benzene rings is 1. The smallest absolute Gasteiger partial charge is 0.164 e. The third-order valence-corrected chi connectivity index (χ3v) is 5.04. The minimum Gasteiger partial charge on any atom is -0.493 e. The molecular formula is C24H34O3. The van der Waals surface area contributed by atoms with E-state index < -0.39 is 0 Å². The van der Waals surface area contributed by atoms with Gasteiger partial charge in [0.25, 0.3) is 0 Å². The third-order valence-electron chi connectivity index (χ3n) is 5.04. The predicted molar refractivity (Wildman–Crippen MR) is 114 cm³/mol. The molecule has 3 heteroatoms. The molecule has 148 valence electrons. The molecule has 0 bridgehead atoms. The molecule has 1 aromatic heterocycles. The van der Waals surface area contributed by atoms with E-state index in [1.807, 2.05) is 12.1 Å². The van der Waals surface area contributed by atoms with Crippen LogP contribution in [-0.4, -0.2) is 14.2 Å². The van der Waals surface area contributed by atoms with Gasteiger partial charge in [-0.1, -0.05) is 30.2 Å². The average Bonchev–Trinajstić information content (AvgIpc) is 3.06. The maximum atomic E-state index is 6.15. The van der Waals surface area contributed by atoms with Gasteiger partial charge in [-0.2, -0.15) is 0 Å². The van der Waals surface area contributed by atoms with Crippen LogP contribution in [0.25, 0.3) is 11.0 Å². The molecule has 0 aliphatic carbocycles. The van der Waals surface area contributed by atoms with Crippen LogP contribution in [0.5, 0.6) is 11.5 Å². The van der Waals surface area contributed by atoms with Crippen LogP contribution in [0.2, 0.25) is 0 Å². The first kappa shape index (κ1) is 21.1. The standard InChI is InChI=1S/C24H34O3/c1-7-19(13-9-12-18(4)11-8-10-17(2)3)21-14-20-15-23(25-5)24(26-6)16-22(20)27-21/h10,12,14-16,19H,7-9,11,13H2,1-6H3/b18-12+. The van der Waals surface area contributed by atoms with Crippen LogP contribution in [0.15, 0.2) is 45.9 Å². The second-order valence-corrected chi connectivity index (χ2v) is 7.45. The first-order valence-electron chi connectivity index (χ1n) is 9.92. The lowest BCUT2D eigenvalue weighted by molar-refractivity contribution is 0.355. The van der Waals surface area contributed by atoms with E-state index in [4.69, 9.17) is 13.9 Å². The summed E-state index contributed by atoms with van der Waals surface area (Å²) in [7, 11) is 3.31. The molecule has 2 aromatic rings. The molecule has 0 saturated carbocycles. The van der Waals surface area contributed by atoms with Crippen LogP contribution in [0.3, 0.4) is 0 Å². The van der Waals surface area contributed by atoms with Gasteiger partial charge in [-0.05, 0) is 65.0 Å². The van der Waals surface area contributed by atoms with Crippen LogP contribution in [0, 0.1) is 0 Å². The maximum absolute atomic E-state index is 6.15. The maximum Gasteiger partial charge on any atom is 0.164 e. The van der Waals surface area contributed by atoms with E-state index in [1.165, 1.54) is 11.1 Å². The number of allylic oxidation sites excluding steroid dienone is 4. The zero-order valence-corrected chi connectivity index (χ0v) is 17.7. The summed E-state index contributed by atoms with van der Waals surface area (Å²) in [6.07, 6.45) is 10.2. The van der Waals surface area contributed by atoms with Gasteiger partial charge in [-0.3, -0.25) is 0 Å². The molecule has 0 saturated heterocycles. The van der Waals surface area contributed by atoms with Gasteiger partial charge in [0.05, 0.1) is 14.2 Å². The lowest BCUT2D eigenvalue weighted by Crippen LogP contribution is -1.95. The van der Waals surface area contributed by atoms with Crippen molar-refractivity contribution in [3.05, 3.63) is 47.3 Å². The Morgan fingerprint density at radius 2 is 1.70 bits per heavy atom. The van der Waals surface area contributed by atoms with E-state index in [9.17, 15) is 0 Å². The average molecular weight is 371 g/mol. The lowest BCUT2D eigenvalue weighted by Gasteiger charge is -2.10. The van der Waals surface area contributed by atoms with Crippen molar-refractivity contribution >= 4 is 11.0 Å². The fourth-order valence-electron chi connectivity index (χ4n) is 3.36. The highest BCUT2D eigenvalue weighted by Crippen LogP contribution is 2.37. The number of hydrogen-bond donors (Lipinski definition) is 0. The number of ether oxygens (including phenoxy) is 2. The van der Waals surface area contributed by atoms with Gasteiger partial charge in [0.2, 0.25) is 0 Å². The molecule has 3 nitrogen and oxygen atoms in total. The van der Waals surface area contributed by atoms with E-state index in [0.29, 0.717) is 11.7 Å². The molecule has 2 rings (SSSR count). The summed E-state index contributed by atoms with van der Waals surface area (Å²) < 4.78 is 16.9. The van der Waals surface area contributed by atoms with Crippen molar-refractivity contribution in [1.82, 2.24) is 0 Å². The Morgan fingerprint density at radius 3 is 2.33 bits per heavy atom. The molecule has 1 atom stereocenters. The Bertz CT molecular complexity index is 750. The molecule has 1 unspecified atom stereocenters. The van der Waals surface area contributed by atoms with Crippen molar-refractivity contribution in [2.45, 2.75) is 65.7 Å². The topological polar surface area (TPSA) is 31.6 Å². The van der Waals surface area contributed by atoms with Gasteiger partial charge >= 0.3 is 0 Å². The van der Waals surface area contributed by atoms with Crippen LogP contribution in [0.1, 0.15) is 71.5 Å². The normalized spacial score (nSPS) is 12.9. The van der Waals surface area contributed by atoms with Crippen molar-refractivity contribution < 1.29 is 13.9 Å². The first-order chi connectivity index (χ1) is 13.0. The zero-order valence-electron chi connectivity index (χ0n) is 17.7. The highest BCUT2D eigenvalue weighted by Gasteiger charge is 2.16. The van der Waals surface area contributed by atoms with Gasteiger partial charge in [0, 0.05) is 17.4 Å². The van der Waals surface area contributed by atoms with E-state index in [-0.39, 0.29) is 0 Å². The van der Waals surface area contributed by atoms with Gasteiger partial charge in [0.1, 0.15) is 11.3 Å². The van der Waals surface area contributed by atoms with Crippen LogP contribution < -0.4 is 9.47 Å². The summed E-state index contributed by atoms with van der Waals surface area (Å²) in [5, 5.41) is 1.06. The minimum atomic E-state index is 0.427. The molecule has 0 aliphatic rings. The number of fused-ring (bicyclic) bond motifs is 1. The molecule has 27 heavy (non-hydrogen) atoms. The molecule has 0 fully saturated rings. The molecule has 1 heterocycles. The van der Waals surface area contributed by atoms with Crippen molar-refractivity contribution in [2.24, 2.45) is 0 Å². The van der Waals surface area contributed by atoms with Crippen molar-refractivity contribution in [3.63, 3.8) is 0 Å². The van der Waals surface area contributed by atoms with E-state index in [0.717, 1.165) is 54.6 Å². The monoisotopic (exact) mass is 370 g/mol. The molecule has 0 spiro atoms. The second kappa shape index (κ2) is 10.2. The van der Waals surface area contributed by atoms with E-state index in [2.05, 4.69) is 45.9 Å². The summed E-state index contributed by atoms with van der Waals surface area (Å²) in [6.45, 7) is 8.77. The molecular weight excluding hydrogens is 336 g/mol. The number of methoxy groups -OCH3 is 2. The second-order valence-electron chi connectivity index (χ2n) is 7.45. The van der Waals surface area contributed by atoms with Gasteiger partial charge in [0.15, 0.2) is 11.5 Å². The zero-order chi connectivity index (χ0) is 19.8. The van der Waals surface area contributed by atoms with Crippen LogP contribution in [-0.2, 0) is 0 Å². The Balaban J connectivity index is 2.05. The minimum absolute atomic E-state index is 0.427. The Labute approximate surface area is 164 Å². The summed E-state index contributed by atoms with van der Waals surface area (Å²) in [5.74, 6) is 2.92. The van der Waals surface area contributed by atoms with Crippen LogP contribution in [0.4, 0.5) is 0 Å². The van der Waals surface area contributed by atoms with Crippen molar-refractivity contribution in [3.8, 4) is 11.5 Å². The van der Waals surface area contributed by atoms with E-state index >= 15 is 0 Å². The molecule has 0 amide bonds. The Morgan fingerprint density at radius 1 is 1.00 bits per heavy atom. The molecule has 0 aliphatic heterocycles. The SMILES string of the molecule is CCC(CC/C=C(\C)CCC=C(C)C)c1cc2cc(OC)c(OC)cc2o1. The largest absolute Gasteiger partial charge is 0.493 e. The van der Waals surface area contributed by atoms with Crippen molar-refractivity contribution in [2.75, 3.05) is 14.2 Å². The fourth-order valence-corrected chi connectivity index (χ4v) is 3.36. The van der Waals surface area contributed by atoms with Gasteiger partial charge in [-0.25, -0.2) is 0 Å². The summed E-state index contributed by atoms with van der Waals surface area (Å²) in [4.78, 5) is 0. The fraction of sp³-hybridized carbons (Fsp3) is 0.500. The van der Waals surface area contributed by atoms with Crippen LogP contribution >= 0.6 is 0 Å². The Kier molecular flexibility index (Phi) is 8.02. The highest BCUT2D eigenvalue weighted by atomic mass is 16.5. The summed E-state index contributed by atoms with van der Waals surface area (Å²) in [5.41, 5.74) is 3.72. The molecule has 1 aromatic carbocycles. The quantitative estimate of drug-likeness (QED) is 0.408. The number of rotatable bonds is 10. The summed E-state index contributed by atoms with van der Waals surface area (Å²) in [6, 6.07) is 6.05. The van der Waals surface area contributed by atoms with Crippen molar-refractivity contribution in [1.29, 1.82) is 0 Å². The Hall–Kier alpha value is -2.16. The van der Waals surface area contributed by atoms with E-state index in [1.54, 1.807) is 14.2 Å². The van der Waals surface area contributed by atoms with Gasteiger partial charge < -0.3 is 13.9 Å². The first-order valence-corrected chi connectivity index (χ1v) is 9.92. The third kappa shape index (κ3) is 5.92. The predicted octanol–water partition coefficient (Wildman–Crippen LogP) is 7.42. The highest BCUT2D eigenvalue weighted by molar-refractivity contribution is 5.82. The molecule has 0 N–H and O–H groups in total. The summed E-state index contributed by atoms with van der Waals surface area (Å²) >= 11 is 0. The number of furan rings is 1. The number of hydrogen-bond acceptors (Lipinski definition) is 3. The molecule has 0 radical (unpaired) electrons.